The third-order valence-electron chi connectivity index (χ3n) is 10.1. The molecule has 4 heterocycles. The number of ether oxygens (including phenoxy) is 5. The molecule has 6 aromatic rings. The van der Waals surface area contributed by atoms with E-state index in [9.17, 15) is 13.6 Å². The molecular formula is C43H44Cl2F2N8O6. The molecule has 0 aliphatic carbocycles. The van der Waals surface area contributed by atoms with E-state index in [1.165, 1.54) is 44.0 Å². The van der Waals surface area contributed by atoms with Crippen molar-refractivity contribution >= 4 is 73.9 Å². The second kappa shape index (κ2) is 20.2. The van der Waals surface area contributed by atoms with Crippen LogP contribution in [0.5, 0.6) is 23.0 Å². The Morgan fingerprint density at radius 3 is 1.70 bits per heavy atom. The zero-order chi connectivity index (χ0) is 42.9. The van der Waals surface area contributed by atoms with E-state index in [-0.39, 0.29) is 34.8 Å². The highest BCUT2D eigenvalue weighted by molar-refractivity contribution is 6.31. The molecule has 320 valence electrons. The first-order valence-electron chi connectivity index (χ1n) is 19.5. The van der Waals surface area contributed by atoms with Crippen LogP contribution in [0.25, 0.3) is 21.8 Å². The van der Waals surface area contributed by atoms with E-state index in [0.29, 0.717) is 88.4 Å². The number of aromatic nitrogens is 4. The number of methoxy groups -OCH3 is 3. The van der Waals surface area contributed by atoms with Gasteiger partial charge in [-0.1, -0.05) is 23.2 Å². The first-order valence-corrected chi connectivity index (χ1v) is 20.3. The molecule has 1 atom stereocenters. The fraction of sp³-hybridized carbons (Fsp3) is 0.326. The van der Waals surface area contributed by atoms with Crippen molar-refractivity contribution < 1.29 is 37.3 Å². The highest BCUT2D eigenvalue weighted by Gasteiger charge is 2.25. The van der Waals surface area contributed by atoms with Gasteiger partial charge in [-0.3, -0.25) is 4.79 Å². The van der Waals surface area contributed by atoms with Crippen LogP contribution >= 0.6 is 23.2 Å². The molecule has 0 radical (unpaired) electrons. The Kier molecular flexibility index (Phi) is 14.3. The van der Waals surface area contributed by atoms with Gasteiger partial charge in [0.1, 0.15) is 54.7 Å². The molecule has 14 nitrogen and oxygen atoms in total. The molecule has 8 rings (SSSR count). The maximum Gasteiger partial charge on any atom is 0.248 e. The highest BCUT2D eigenvalue weighted by atomic mass is 35.5. The summed E-state index contributed by atoms with van der Waals surface area (Å²) in [5.74, 6) is 2.47. The van der Waals surface area contributed by atoms with Gasteiger partial charge in [-0.25, -0.2) is 28.7 Å². The van der Waals surface area contributed by atoms with E-state index in [0.717, 1.165) is 31.3 Å². The van der Waals surface area contributed by atoms with Gasteiger partial charge >= 0.3 is 0 Å². The number of fused-ring (bicyclic) bond motifs is 2. The quantitative estimate of drug-likeness (QED) is 0.108. The van der Waals surface area contributed by atoms with Gasteiger partial charge in [0.15, 0.2) is 23.0 Å². The minimum Gasteiger partial charge on any atom is -0.493 e. The number of benzene rings is 4. The number of halogens is 4. The van der Waals surface area contributed by atoms with Gasteiger partial charge in [0.2, 0.25) is 5.91 Å². The summed E-state index contributed by atoms with van der Waals surface area (Å²) in [7, 11) is 4.69. The standard InChI is InChI=1S/C23H24ClFN4O4.C20H20ClFN4O2/c1-31-12-22(30)29-7-5-15(6-8-29)33-21-10-16-19(11-20(21)32-2)26-13-27-23(16)28-14-3-4-18(25)17(24)9-14;1-27-18-9-17-14(8-19(18)28-13-3-2-6-23-10-13)20(25-11-24-17)26-12-4-5-16(22)15(21)7-12/h3-4,9-11,13,15H,5-8,12H2,1-2H3,(H,26,27,28);4-5,7-9,11,13,23H,2-3,6,10H2,1H3,(H,24,25,26). The molecule has 0 spiro atoms. The number of amides is 1. The number of nitrogens with zero attached hydrogens (tertiary/aromatic N) is 5. The van der Waals surface area contributed by atoms with Crippen molar-refractivity contribution in [3.63, 3.8) is 0 Å². The monoisotopic (exact) mass is 876 g/mol. The van der Waals surface area contributed by atoms with Crippen LogP contribution in [0.15, 0.2) is 73.3 Å². The Bertz CT molecular complexity index is 2490. The number of rotatable bonds is 12. The van der Waals surface area contributed by atoms with Gasteiger partial charge in [-0.2, -0.15) is 0 Å². The molecule has 0 bridgehead atoms. The van der Waals surface area contributed by atoms with E-state index in [1.807, 2.05) is 18.2 Å². The van der Waals surface area contributed by atoms with Gasteiger partial charge in [0.05, 0.1) is 35.3 Å². The number of carbonyl (C=O) groups is 1. The van der Waals surface area contributed by atoms with Crippen LogP contribution in [-0.4, -0.2) is 97.1 Å². The Morgan fingerprint density at radius 1 is 0.721 bits per heavy atom. The molecule has 18 heteroatoms. The molecule has 1 unspecified atom stereocenters. The van der Waals surface area contributed by atoms with Crippen LogP contribution in [0.2, 0.25) is 10.0 Å². The van der Waals surface area contributed by atoms with Crippen molar-refractivity contribution in [1.82, 2.24) is 30.2 Å². The first kappa shape index (κ1) is 43.3. The molecule has 1 amide bonds. The lowest BCUT2D eigenvalue weighted by atomic mass is 10.1. The molecule has 2 aliphatic heterocycles. The zero-order valence-electron chi connectivity index (χ0n) is 33.6. The summed E-state index contributed by atoms with van der Waals surface area (Å²) >= 11 is 11.8. The fourth-order valence-corrected chi connectivity index (χ4v) is 7.33. The predicted octanol–water partition coefficient (Wildman–Crippen LogP) is 8.50. The minimum absolute atomic E-state index is 0.0133. The summed E-state index contributed by atoms with van der Waals surface area (Å²) in [5, 5.41) is 11.2. The van der Waals surface area contributed by atoms with Gasteiger partial charge in [-0.05, 0) is 67.9 Å². The first-order chi connectivity index (χ1) is 29.6. The van der Waals surface area contributed by atoms with Crippen LogP contribution in [0.1, 0.15) is 25.7 Å². The summed E-state index contributed by atoms with van der Waals surface area (Å²) in [6.45, 7) is 3.09. The summed E-state index contributed by atoms with van der Waals surface area (Å²) in [4.78, 5) is 31.1. The van der Waals surface area contributed by atoms with Crippen LogP contribution in [0, 0.1) is 11.6 Å². The SMILES string of the molecule is COCC(=O)N1CCC(Oc2cc3c(Nc4ccc(F)c(Cl)c4)ncnc3cc2OC)CC1.COc1cc2ncnc(Nc3ccc(F)c(Cl)c3)c2cc1OC1CCCNC1. The summed E-state index contributed by atoms with van der Waals surface area (Å²) in [5.41, 5.74) is 2.58. The van der Waals surface area contributed by atoms with E-state index in [1.54, 1.807) is 37.3 Å². The maximum absolute atomic E-state index is 13.5. The van der Waals surface area contributed by atoms with Gasteiger partial charge in [-0.15, -0.1) is 0 Å². The number of piperidine rings is 2. The summed E-state index contributed by atoms with van der Waals surface area (Å²) < 4.78 is 55.3. The third kappa shape index (κ3) is 10.7. The van der Waals surface area contributed by atoms with Crippen molar-refractivity contribution in [1.29, 1.82) is 0 Å². The zero-order valence-corrected chi connectivity index (χ0v) is 35.2. The molecule has 2 fully saturated rings. The van der Waals surface area contributed by atoms with E-state index < -0.39 is 11.6 Å². The lowest BCUT2D eigenvalue weighted by molar-refractivity contribution is -0.136. The van der Waals surface area contributed by atoms with E-state index in [4.69, 9.17) is 46.9 Å². The van der Waals surface area contributed by atoms with E-state index in [2.05, 4.69) is 35.9 Å². The summed E-state index contributed by atoms with van der Waals surface area (Å²) in [6, 6.07) is 16.1. The number of hydrogen-bond acceptors (Lipinski definition) is 13. The normalized spacial score (nSPS) is 15.5. The molecular weight excluding hydrogens is 833 g/mol. The Hall–Kier alpha value is -5.81. The minimum atomic E-state index is -0.495. The van der Waals surface area contributed by atoms with Crippen LogP contribution in [0.4, 0.5) is 31.8 Å². The number of hydrogen-bond donors (Lipinski definition) is 3. The second-order valence-electron chi connectivity index (χ2n) is 14.2. The topological polar surface area (TPSA) is 154 Å². The molecule has 4 aromatic carbocycles. The number of likely N-dealkylation sites (tertiary alicyclic amines) is 1. The Balaban J connectivity index is 0.000000186. The molecule has 3 N–H and O–H groups in total. The molecule has 61 heavy (non-hydrogen) atoms. The van der Waals surface area contributed by atoms with Crippen molar-refractivity contribution in [2.24, 2.45) is 0 Å². The number of nitrogens with one attached hydrogen (secondary N) is 3. The second-order valence-corrected chi connectivity index (χ2v) is 15.0. The highest BCUT2D eigenvalue weighted by Crippen LogP contribution is 2.38. The molecule has 2 saturated heterocycles. The lowest BCUT2D eigenvalue weighted by Gasteiger charge is -2.32. The van der Waals surface area contributed by atoms with Gasteiger partial charge < -0.3 is 44.5 Å². The average Bonchev–Trinajstić information content (AvgIpc) is 3.27. The largest absolute Gasteiger partial charge is 0.493 e. The number of anilines is 4. The molecule has 2 aromatic heterocycles. The fourth-order valence-electron chi connectivity index (χ4n) is 6.97. The predicted molar refractivity (Wildman–Crippen MR) is 230 cm³/mol. The molecule has 0 saturated carbocycles. The van der Waals surface area contributed by atoms with Crippen LogP contribution in [-0.2, 0) is 9.53 Å². The average molecular weight is 878 g/mol. The van der Waals surface area contributed by atoms with Gasteiger partial charge in [0, 0.05) is 73.9 Å². The van der Waals surface area contributed by atoms with Crippen LogP contribution < -0.4 is 34.9 Å². The smallest absolute Gasteiger partial charge is 0.248 e. The Morgan fingerprint density at radius 2 is 1.25 bits per heavy atom. The molecule has 2 aliphatic rings. The Labute approximate surface area is 360 Å². The van der Waals surface area contributed by atoms with Gasteiger partial charge in [0.25, 0.3) is 0 Å². The third-order valence-corrected chi connectivity index (χ3v) is 10.7. The van der Waals surface area contributed by atoms with Crippen molar-refractivity contribution in [3.05, 3.63) is 95.0 Å². The van der Waals surface area contributed by atoms with E-state index >= 15 is 0 Å². The van der Waals surface area contributed by atoms with Crippen molar-refractivity contribution in [2.75, 3.05) is 64.7 Å². The maximum atomic E-state index is 13.5. The van der Waals surface area contributed by atoms with Crippen molar-refractivity contribution in [2.45, 2.75) is 37.9 Å². The summed E-state index contributed by atoms with van der Waals surface area (Å²) in [6.07, 6.45) is 6.35. The van der Waals surface area contributed by atoms with Crippen molar-refractivity contribution in [3.8, 4) is 23.0 Å². The number of carbonyl (C=O) groups excluding carboxylic acids is 1. The van der Waals surface area contributed by atoms with Crippen LogP contribution in [0.3, 0.4) is 0 Å². The lowest BCUT2D eigenvalue weighted by Crippen LogP contribution is -2.43.